The first-order chi connectivity index (χ1) is 8.39. The lowest BCUT2D eigenvalue weighted by Gasteiger charge is -2.34. The van der Waals surface area contributed by atoms with Gasteiger partial charge >= 0.3 is 0 Å². The molecule has 1 aromatic heterocycles. The van der Waals surface area contributed by atoms with Crippen molar-refractivity contribution in [1.29, 1.82) is 0 Å². The molecule has 9 heteroatoms. The standard InChI is InChI=1S/C9H14BrN5O2S/c1-18(16,17)15-4-2-14(3-5-15)9-7(10)8(11)12-6-13-9/h6H,2-5H2,1H3,(H2,11,12,13). The average molecular weight is 336 g/mol. The van der Waals surface area contributed by atoms with Crippen molar-refractivity contribution in [3.63, 3.8) is 0 Å². The van der Waals surface area contributed by atoms with Crippen LogP contribution in [0.1, 0.15) is 0 Å². The highest BCUT2D eigenvalue weighted by molar-refractivity contribution is 9.10. The van der Waals surface area contributed by atoms with E-state index in [4.69, 9.17) is 5.73 Å². The lowest BCUT2D eigenvalue weighted by atomic mass is 10.3. The van der Waals surface area contributed by atoms with E-state index in [0.717, 1.165) is 0 Å². The molecule has 1 aromatic rings. The number of hydrogen-bond donors (Lipinski definition) is 1. The number of rotatable bonds is 2. The molecule has 1 saturated heterocycles. The summed E-state index contributed by atoms with van der Waals surface area (Å²) >= 11 is 3.35. The monoisotopic (exact) mass is 335 g/mol. The Morgan fingerprint density at radius 1 is 1.28 bits per heavy atom. The fourth-order valence-corrected chi connectivity index (χ4v) is 3.11. The Hall–Kier alpha value is -0.930. The summed E-state index contributed by atoms with van der Waals surface area (Å²) in [5, 5.41) is 0. The predicted octanol–water partition coefficient (Wildman–Crippen LogP) is -0.0971. The van der Waals surface area contributed by atoms with Crippen LogP contribution in [0.5, 0.6) is 0 Å². The van der Waals surface area contributed by atoms with E-state index in [1.54, 1.807) is 0 Å². The van der Waals surface area contributed by atoms with Gasteiger partial charge in [0.25, 0.3) is 0 Å². The van der Waals surface area contributed by atoms with Gasteiger partial charge in [0.05, 0.1) is 6.26 Å². The third kappa shape index (κ3) is 2.73. The van der Waals surface area contributed by atoms with Gasteiger partial charge in [0.1, 0.15) is 22.4 Å². The second-order valence-electron chi connectivity index (χ2n) is 4.05. The summed E-state index contributed by atoms with van der Waals surface area (Å²) in [6.07, 6.45) is 2.62. The number of halogens is 1. The Balaban J connectivity index is 2.13. The average Bonchev–Trinajstić information content (AvgIpc) is 2.32. The maximum Gasteiger partial charge on any atom is 0.211 e. The number of nitrogens with two attached hydrogens (primary N) is 1. The maximum atomic E-state index is 11.4. The molecule has 0 saturated carbocycles. The number of anilines is 2. The van der Waals surface area contributed by atoms with Crippen LogP contribution in [0.25, 0.3) is 0 Å². The van der Waals surface area contributed by atoms with Gasteiger partial charge in [-0.15, -0.1) is 0 Å². The van der Waals surface area contributed by atoms with Crippen LogP contribution in [0.15, 0.2) is 10.8 Å². The van der Waals surface area contributed by atoms with Gasteiger partial charge in [-0.1, -0.05) is 0 Å². The van der Waals surface area contributed by atoms with E-state index in [-0.39, 0.29) is 0 Å². The quantitative estimate of drug-likeness (QED) is 0.811. The lowest BCUT2D eigenvalue weighted by Crippen LogP contribution is -2.48. The van der Waals surface area contributed by atoms with Crippen LogP contribution in [-0.2, 0) is 10.0 Å². The minimum atomic E-state index is -3.11. The molecule has 0 atom stereocenters. The summed E-state index contributed by atoms with van der Waals surface area (Å²) in [4.78, 5) is 10.0. The maximum absolute atomic E-state index is 11.4. The molecule has 0 aromatic carbocycles. The van der Waals surface area contributed by atoms with E-state index in [9.17, 15) is 8.42 Å². The molecule has 1 aliphatic heterocycles. The van der Waals surface area contributed by atoms with Gasteiger partial charge in [0, 0.05) is 26.2 Å². The molecule has 0 radical (unpaired) electrons. The van der Waals surface area contributed by atoms with Gasteiger partial charge in [-0.25, -0.2) is 18.4 Å². The number of nitrogens with zero attached hydrogens (tertiary/aromatic N) is 4. The molecule has 100 valence electrons. The fraction of sp³-hybridized carbons (Fsp3) is 0.556. The minimum absolute atomic E-state index is 0.380. The zero-order valence-corrected chi connectivity index (χ0v) is 12.3. The van der Waals surface area contributed by atoms with Gasteiger partial charge in [0.2, 0.25) is 10.0 Å². The zero-order valence-electron chi connectivity index (χ0n) is 9.87. The summed E-state index contributed by atoms with van der Waals surface area (Å²) < 4.78 is 24.9. The molecule has 0 bridgehead atoms. The minimum Gasteiger partial charge on any atom is -0.383 e. The highest BCUT2D eigenvalue weighted by atomic mass is 79.9. The number of nitrogen functional groups attached to an aromatic ring is 1. The van der Waals surface area contributed by atoms with Crippen molar-refractivity contribution in [3.8, 4) is 0 Å². The van der Waals surface area contributed by atoms with Crippen molar-refractivity contribution in [2.75, 3.05) is 43.1 Å². The van der Waals surface area contributed by atoms with Crippen molar-refractivity contribution in [3.05, 3.63) is 10.8 Å². The third-order valence-corrected chi connectivity index (χ3v) is 4.87. The molecule has 0 unspecified atom stereocenters. The first kappa shape index (κ1) is 13.5. The molecule has 2 rings (SSSR count). The van der Waals surface area contributed by atoms with Crippen LogP contribution in [-0.4, -0.2) is 55.1 Å². The lowest BCUT2D eigenvalue weighted by molar-refractivity contribution is 0.386. The molecule has 1 aliphatic rings. The third-order valence-electron chi connectivity index (χ3n) is 2.81. The SMILES string of the molecule is CS(=O)(=O)N1CCN(c2ncnc(N)c2Br)CC1. The largest absolute Gasteiger partial charge is 0.383 e. The van der Waals surface area contributed by atoms with Crippen LogP contribution in [0.4, 0.5) is 11.6 Å². The second-order valence-corrected chi connectivity index (χ2v) is 6.82. The van der Waals surface area contributed by atoms with Crippen molar-refractivity contribution < 1.29 is 8.42 Å². The normalized spacial score (nSPS) is 18.0. The molecule has 0 amide bonds. The van der Waals surface area contributed by atoms with Gasteiger partial charge in [-0.2, -0.15) is 4.31 Å². The summed E-state index contributed by atoms with van der Waals surface area (Å²) in [6.45, 7) is 2.08. The van der Waals surface area contributed by atoms with Gasteiger partial charge in [-0.3, -0.25) is 0 Å². The molecule has 7 nitrogen and oxygen atoms in total. The summed E-state index contributed by atoms with van der Waals surface area (Å²) in [5.41, 5.74) is 5.69. The number of aromatic nitrogens is 2. The van der Waals surface area contributed by atoms with E-state index in [1.807, 2.05) is 4.90 Å². The molecule has 2 heterocycles. The summed E-state index contributed by atoms with van der Waals surface area (Å²) in [7, 11) is -3.11. The first-order valence-electron chi connectivity index (χ1n) is 5.35. The smallest absolute Gasteiger partial charge is 0.211 e. The van der Waals surface area contributed by atoms with E-state index in [0.29, 0.717) is 42.3 Å². The van der Waals surface area contributed by atoms with E-state index >= 15 is 0 Å². The fourth-order valence-electron chi connectivity index (χ4n) is 1.83. The Morgan fingerprint density at radius 3 is 2.44 bits per heavy atom. The van der Waals surface area contributed by atoms with Gasteiger partial charge in [-0.05, 0) is 15.9 Å². The summed E-state index contributed by atoms with van der Waals surface area (Å²) in [6, 6.07) is 0. The highest BCUT2D eigenvalue weighted by Gasteiger charge is 2.25. The Labute approximate surface area is 114 Å². The number of sulfonamides is 1. The van der Waals surface area contributed by atoms with Crippen LogP contribution < -0.4 is 10.6 Å². The molecular weight excluding hydrogens is 322 g/mol. The van der Waals surface area contributed by atoms with Crippen LogP contribution in [0, 0.1) is 0 Å². The Morgan fingerprint density at radius 2 is 1.89 bits per heavy atom. The summed E-state index contributed by atoms with van der Waals surface area (Å²) in [5.74, 6) is 1.08. The van der Waals surface area contributed by atoms with Crippen LogP contribution in [0.3, 0.4) is 0 Å². The van der Waals surface area contributed by atoms with Crippen LogP contribution in [0.2, 0.25) is 0 Å². The Bertz CT molecular complexity index is 542. The molecule has 1 fully saturated rings. The first-order valence-corrected chi connectivity index (χ1v) is 8.00. The zero-order chi connectivity index (χ0) is 13.3. The number of hydrogen-bond acceptors (Lipinski definition) is 6. The van der Waals surface area contributed by atoms with Crippen molar-refractivity contribution in [2.24, 2.45) is 0 Å². The van der Waals surface area contributed by atoms with E-state index in [1.165, 1.54) is 16.9 Å². The molecule has 0 aliphatic carbocycles. The Kier molecular flexibility index (Phi) is 3.74. The van der Waals surface area contributed by atoms with Crippen molar-refractivity contribution >= 4 is 37.6 Å². The predicted molar refractivity (Wildman–Crippen MR) is 72.8 cm³/mol. The second kappa shape index (κ2) is 4.98. The van der Waals surface area contributed by atoms with E-state index < -0.39 is 10.0 Å². The topological polar surface area (TPSA) is 92.4 Å². The highest BCUT2D eigenvalue weighted by Crippen LogP contribution is 2.28. The number of piperazine rings is 1. The van der Waals surface area contributed by atoms with Gasteiger partial charge < -0.3 is 10.6 Å². The molecule has 2 N–H and O–H groups in total. The van der Waals surface area contributed by atoms with Crippen LogP contribution >= 0.6 is 15.9 Å². The molecule has 18 heavy (non-hydrogen) atoms. The molecule has 0 spiro atoms. The van der Waals surface area contributed by atoms with Crippen molar-refractivity contribution in [1.82, 2.24) is 14.3 Å². The van der Waals surface area contributed by atoms with Gasteiger partial charge in [0.15, 0.2) is 0 Å². The molecular formula is C9H14BrN5O2S. The van der Waals surface area contributed by atoms with Crippen molar-refractivity contribution in [2.45, 2.75) is 0 Å². The van der Waals surface area contributed by atoms with E-state index in [2.05, 4.69) is 25.9 Å².